The Kier molecular flexibility index (Phi) is 5.18. The van der Waals surface area contributed by atoms with E-state index in [4.69, 9.17) is 9.84 Å². The lowest BCUT2D eigenvalue weighted by molar-refractivity contribution is -0.139. The topological polar surface area (TPSA) is 78.9 Å². The molecule has 0 aliphatic carbocycles. The summed E-state index contributed by atoms with van der Waals surface area (Å²) in [5.74, 6) is -0.968. The Morgan fingerprint density at radius 2 is 1.84 bits per heavy atom. The fraction of sp³-hybridized carbons (Fsp3) is 0.263. The highest BCUT2D eigenvalue weighted by Gasteiger charge is 2.17. The maximum Gasteiger partial charge on any atom is 0.341 e. The SMILES string of the molecule is O=C(O)COc1cccc(C(=O)Nc2ccccc2N2CCCC2)c1. The third kappa shape index (κ3) is 4.29. The van der Waals surface area contributed by atoms with E-state index in [1.807, 2.05) is 24.3 Å². The summed E-state index contributed by atoms with van der Waals surface area (Å²) in [7, 11) is 0. The molecule has 0 atom stereocenters. The molecule has 130 valence electrons. The number of carboxylic acids is 1. The second-order valence-electron chi connectivity index (χ2n) is 5.88. The number of nitrogens with one attached hydrogen (secondary N) is 1. The monoisotopic (exact) mass is 340 g/mol. The van der Waals surface area contributed by atoms with E-state index in [1.54, 1.807) is 18.2 Å². The molecule has 1 fully saturated rings. The predicted molar refractivity (Wildman–Crippen MR) is 95.4 cm³/mol. The van der Waals surface area contributed by atoms with Crippen LogP contribution in [0.5, 0.6) is 5.75 Å². The van der Waals surface area contributed by atoms with Crippen molar-refractivity contribution < 1.29 is 19.4 Å². The number of carboxylic acid groups (broad SMARTS) is 1. The lowest BCUT2D eigenvalue weighted by Gasteiger charge is -2.21. The van der Waals surface area contributed by atoms with Gasteiger partial charge in [-0.3, -0.25) is 4.79 Å². The van der Waals surface area contributed by atoms with Crippen molar-refractivity contribution in [3.63, 3.8) is 0 Å². The first kappa shape index (κ1) is 16.8. The van der Waals surface area contributed by atoms with E-state index in [0.717, 1.165) is 37.3 Å². The molecule has 0 unspecified atom stereocenters. The Morgan fingerprint density at radius 1 is 1.08 bits per heavy atom. The predicted octanol–water partition coefficient (Wildman–Crippen LogP) is 3.00. The molecule has 1 aliphatic rings. The highest BCUT2D eigenvalue weighted by molar-refractivity contribution is 6.06. The molecule has 6 nitrogen and oxygen atoms in total. The van der Waals surface area contributed by atoms with Gasteiger partial charge in [0, 0.05) is 18.7 Å². The molecule has 2 N–H and O–H groups in total. The minimum Gasteiger partial charge on any atom is -0.482 e. The van der Waals surface area contributed by atoms with E-state index in [9.17, 15) is 9.59 Å². The second-order valence-corrected chi connectivity index (χ2v) is 5.88. The van der Waals surface area contributed by atoms with Crippen LogP contribution in [0.25, 0.3) is 0 Å². The van der Waals surface area contributed by atoms with Gasteiger partial charge in [0.2, 0.25) is 0 Å². The number of hydrogen-bond donors (Lipinski definition) is 2. The molecule has 3 rings (SSSR count). The van der Waals surface area contributed by atoms with Crippen molar-refractivity contribution in [3.8, 4) is 5.75 Å². The maximum absolute atomic E-state index is 12.6. The second kappa shape index (κ2) is 7.70. The molecule has 0 saturated carbocycles. The van der Waals surface area contributed by atoms with Gasteiger partial charge in [-0.25, -0.2) is 4.79 Å². The highest BCUT2D eigenvalue weighted by Crippen LogP contribution is 2.29. The fourth-order valence-corrected chi connectivity index (χ4v) is 2.88. The number of carbonyl (C=O) groups is 2. The van der Waals surface area contributed by atoms with Crippen molar-refractivity contribution in [1.82, 2.24) is 0 Å². The summed E-state index contributed by atoms with van der Waals surface area (Å²) in [4.78, 5) is 25.4. The molecular formula is C19H20N2O4. The summed E-state index contributed by atoms with van der Waals surface area (Å²) in [5, 5.41) is 11.6. The number of para-hydroxylation sites is 2. The van der Waals surface area contributed by atoms with E-state index in [0.29, 0.717) is 11.3 Å². The third-order valence-electron chi connectivity index (χ3n) is 4.06. The Balaban J connectivity index is 1.74. The van der Waals surface area contributed by atoms with Gasteiger partial charge in [-0.05, 0) is 43.2 Å². The van der Waals surface area contributed by atoms with Crippen LogP contribution in [-0.4, -0.2) is 36.7 Å². The lowest BCUT2D eigenvalue weighted by atomic mass is 10.2. The van der Waals surface area contributed by atoms with E-state index >= 15 is 0 Å². The van der Waals surface area contributed by atoms with Crippen LogP contribution in [0.3, 0.4) is 0 Å². The van der Waals surface area contributed by atoms with Gasteiger partial charge >= 0.3 is 5.97 Å². The summed E-state index contributed by atoms with van der Waals surface area (Å²) in [6.45, 7) is 1.54. The molecule has 1 saturated heterocycles. The molecule has 1 amide bonds. The molecule has 0 radical (unpaired) electrons. The summed E-state index contributed by atoms with van der Waals surface area (Å²) in [6, 6.07) is 14.2. The van der Waals surface area contributed by atoms with Gasteiger partial charge in [0.1, 0.15) is 5.75 Å². The van der Waals surface area contributed by atoms with Crippen molar-refractivity contribution in [3.05, 3.63) is 54.1 Å². The first-order valence-electron chi connectivity index (χ1n) is 8.23. The summed E-state index contributed by atoms with van der Waals surface area (Å²) >= 11 is 0. The van der Waals surface area contributed by atoms with Crippen LogP contribution in [0, 0.1) is 0 Å². The van der Waals surface area contributed by atoms with Crippen LogP contribution < -0.4 is 15.0 Å². The molecule has 6 heteroatoms. The van der Waals surface area contributed by atoms with Crippen LogP contribution >= 0.6 is 0 Å². The molecule has 0 spiro atoms. The Labute approximate surface area is 146 Å². The first-order chi connectivity index (χ1) is 12.1. The summed E-state index contributed by atoms with van der Waals surface area (Å²) in [5.41, 5.74) is 2.21. The largest absolute Gasteiger partial charge is 0.482 e. The summed E-state index contributed by atoms with van der Waals surface area (Å²) in [6.07, 6.45) is 2.32. The van der Waals surface area contributed by atoms with Crippen LogP contribution in [0.4, 0.5) is 11.4 Å². The van der Waals surface area contributed by atoms with Crippen molar-refractivity contribution >= 4 is 23.3 Å². The molecule has 2 aromatic carbocycles. The van der Waals surface area contributed by atoms with Crippen LogP contribution in [0.1, 0.15) is 23.2 Å². The number of benzene rings is 2. The van der Waals surface area contributed by atoms with Crippen LogP contribution in [0.2, 0.25) is 0 Å². The van der Waals surface area contributed by atoms with Gasteiger partial charge in [-0.15, -0.1) is 0 Å². The zero-order valence-electron chi connectivity index (χ0n) is 13.8. The Morgan fingerprint density at radius 3 is 2.60 bits per heavy atom. The van der Waals surface area contributed by atoms with Gasteiger partial charge in [-0.1, -0.05) is 18.2 Å². The Bertz CT molecular complexity index is 770. The van der Waals surface area contributed by atoms with Gasteiger partial charge in [0.05, 0.1) is 11.4 Å². The number of hydrogen-bond acceptors (Lipinski definition) is 4. The van der Waals surface area contributed by atoms with Gasteiger partial charge in [0.25, 0.3) is 5.91 Å². The molecule has 2 aromatic rings. The maximum atomic E-state index is 12.6. The van der Waals surface area contributed by atoms with E-state index < -0.39 is 12.6 Å². The lowest BCUT2D eigenvalue weighted by Crippen LogP contribution is -2.21. The number of rotatable bonds is 6. The van der Waals surface area contributed by atoms with Gasteiger partial charge < -0.3 is 20.1 Å². The average Bonchev–Trinajstić information content (AvgIpc) is 3.15. The number of anilines is 2. The minimum absolute atomic E-state index is 0.257. The fourth-order valence-electron chi connectivity index (χ4n) is 2.88. The van der Waals surface area contributed by atoms with E-state index in [2.05, 4.69) is 10.2 Å². The van der Waals surface area contributed by atoms with Gasteiger partial charge in [0.15, 0.2) is 6.61 Å². The molecule has 1 aliphatic heterocycles. The molecule has 0 bridgehead atoms. The molecular weight excluding hydrogens is 320 g/mol. The molecule has 1 heterocycles. The third-order valence-corrected chi connectivity index (χ3v) is 4.06. The van der Waals surface area contributed by atoms with E-state index in [1.165, 1.54) is 6.07 Å². The zero-order valence-corrected chi connectivity index (χ0v) is 13.8. The smallest absolute Gasteiger partial charge is 0.341 e. The van der Waals surface area contributed by atoms with Crippen molar-refractivity contribution in [2.75, 3.05) is 29.9 Å². The standard InChI is InChI=1S/C19H20N2O4/c22-18(23)13-25-15-7-5-6-14(12-15)19(24)20-16-8-1-2-9-17(16)21-10-3-4-11-21/h1-2,5-9,12H,3-4,10-11,13H2,(H,20,24)(H,22,23). The Hall–Kier alpha value is -3.02. The number of amides is 1. The number of ether oxygens (including phenoxy) is 1. The molecule has 0 aromatic heterocycles. The zero-order chi connectivity index (χ0) is 17.6. The number of carbonyl (C=O) groups excluding carboxylic acids is 1. The van der Waals surface area contributed by atoms with Crippen LogP contribution in [0.15, 0.2) is 48.5 Å². The highest BCUT2D eigenvalue weighted by atomic mass is 16.5. The minimum atomic E-state index is -1.06. The average molecular weight is 340 g/mol. The number of aliphatic carboxylic acids is 1. The number of nitrogens with zero attached hydrogens (tertiary/aromatic N) is 1. The normalized spacial score (nSPS) is 13.5. The van der Waals surface area contributed by atoms with Crippen molar-refractivity contribution in [1.29, 1.82) is 0 Å². The first-order valence-corrected chi connectivity index (χ1v) is 8.23. The summed E-state index contributed by atoms with van der Waals surface area (Å²) < 4.78 is 5.13. The van der Waals surface area contributed by atoms with E-state index in [-0.39, 0.29) is 5.91 Å². The van der Waals surface area contributed by atoms with Gasteiger partial charge in [-0.2, -0.15) is 0 Å². The molecule has 25 heavy (non-hydrogen) atoms. The van der Waals surface area contributed by atoms with Crippen molar-refractivity contribution in [2.24, 2.45) is 0 Å². The quantitative estimate of drug-likeness (QED) is 0.845. The van der Waals surface area contributed by atoms with Crippen molar-refractivity contribution in [2.45, 2.75) is 12.8 Å². The van der Waals surface area contributed by atoms with Crippen LogP contribution in [-0.2, 0) is 4.79 Å².